The lowest BCUT2D eigenvalue weighted by Gasteiger charge is -2.36. The minimum atomic E-state index is -0.141. The Hall–Kier alpha value is -1.66. The van der Waals surface area contributed by atoms with Gasteiger partial charge >= 0.3 is 0 Å². The molecule has 32 heavy (non-hydrogen) atoms. The monoisotopic (exact) mass is 453 g/mol. The molecule has 2 nitrogen and oxygen atoms in total. The smallest absolute Gasteiger partial charge is 0.123 e. The zero-order valence-corrected chi connectivity index (χ0v) is 22.8. The van der Waals surface area contributed by atoms with Gasteiger partial charge in [0.1, 0.15) is 5.75 Å². The van der Waals surface area contributed by atoms with Gasteiger partial charge in [0.15, 0.2) is 0 Å². The standard InChI is InChI=1S/C29H44NOP/c1-10-11-14-17-29(8,32-25-16-13-12-15-21(25)20-30-9)24-19-22(27(2,3)4)18-23(26(24)31)28(5,6)7/h12-13,15-16,18-20,31-32H,10-11,14,17H2,1-9H3/b30-20+. The van der Waals surface area contributed by atoms with Crippen molar-refractivity contribution in [1.29, 1.82) is 0 Å². The second kappa shape index (κ2) is 10.5. The van der Waals surface area contributed by atoms with Crippen LogP contribution in [0, 0.1) is 0 Å². The highest BCUT2D eigenvalue weighted by Crippen LogP contribution is 2.51. The minimum absolute atomic E-state index is 0.0165. The number of hydrogen-bond acceptors (Lipinski definition) is 2. The van der Waals surface area contributed by atoms with Crippen LogP contribution >= 0.6 is 8.58 Å². The number of phenols is 1. The van der Waals surface area contributed by atoms with Crippen LogP contribution in [0.5, 0.6) is 5.75 Å². The predicted octanol–water partition coefficient (Wildman–Crippen LogP) is 7.84. The Morgan fingerprint density at radius 3 is 2.09 bits per heavy atom. The lowest BCUT2D eigenvalue weighted by atomic mass is 9.77. The maximum atomic E-state index is 11.6. The largest absolute Gasteiger partial charge is 0.507 e. The molecule has 2 rings (SSSR count). The molecule has 0 aliphatic rings. The first kappa shape index (κ1) is 26.6. The Morgan fingerprint density at radius 2 is 1.53 bits per heavy atom. The summed E-state index contributed by atoms with van der Waals surface area (Å²) in [5.74, 6) is 0.485. The third kappa shape index (κ3) is 6.44. The number of rotatable bonds is 8. The molecule has 2 aromatic rings. The van der Waals surface area contributed by atoms with E-state index < -0.39 is 0 Å². The van der Waals surface area contributed by atoms with E-state index in [1.807, 2.05) is 13.3 Å². The summed E-state index contributed by atoms with van der Waals surface area (Å²) in [6.07, 6.45) is 6.58. The van der Waals surface area contributed by atoms with Crippen LogP contribution in [0.4, 0.5) is 0 Å². The summed E-state index contributed by atoms with van der Waals surface area (Å²) in [5.41, 5.74) is 4.52. The molecule has 0 radical (unpaired) electrons. The highest BCUT2D eigenvalue weighted by atomic mass is 31.1. The van der Waals surface area contributed by atoms with Crippen molar-refractivity contribution in [3.05, 3.63) is 58.7 Å². The maximum Gasteiger partial charge on any atom is 0.123 e. The Balaban J connectivity index is 2.74. The molecule has 2 aromatic carbocycles. The second-order valence-corrected chi connectivity index (χ2v) is 13.2. The van der Waals surface area contributed by atoms with E-state index in [1.54, 1.807) is 0 Å². The average Bonchev–Trinajstić information content (AvgIpc) is 2.68. The van der Waals surface area contributed by atoms with Crippen molar-refractivity contribution in [3.8, 4) is 5.75 Å². The van der Waals surface area contributed by atoms with Crippen molar-refractivity contribution in [2.45, 2.75) is 97.1 Å². The van der Waals surface area contributed by atoms with Gasteiger partial charge in [-0.1, -0.05) is 120 Å². The molecule has 0 saturated heterocycles. The fourth-order valence-corrected chi connectivity index (χ4v) is 5.91. The zero-order valence-electron chi connectivity index (χ0n) is 21.8. The van der Waals surface area contributed by atoms with Crippen LogP contribution in [0.3, 0.4) is 0 Å². The number of hydrogen-bond donors (Lipinski definition) is 1. The van der Waals surface area contributed by atoms with E-state index in [0.717, 1.165) is 24.0 Å². The molecule has 1 N–H and O–H groups in total. The molecular weight excluding hydrogens is 409 g/mol. The third-order valence-corrected chi connectivity index (χ3v) is 8.09. The normalized spacial score (nSPS) is 15.0. The molecule has 3 heteroatoms. The van der Waals surface area contributed by atoms with E-state index in [-0.39, 0.29) is 16.0 Å². The average molecular weight is 454 g/mol. The highest BCUT2D eigenvalue weighted by molar-refractivity contribution is 7.48. The van der Waals surface area contributed by atoms with E-state index in [4.69, 9.17) is 0 Å². The third-order valence-electron chi connectivity index (χ3n) is 6.30. The topological polar surface area (TPSA) is 32.6 Å². The fourth-order valence-electron chi connectivity index (χ4n) is 4.21. The van der Waals surface area contributed by atoms with E-state index in [0.29, 0.717) is 14.3 Å². The molecule has 0 saturated carbocycles. The van der Waals surface area contributed by atoms with Gasteiger partial charge in [0.2, 0.25) is 0 Å². The number of phenolic OH excluding ortho intramolecular Hbond substituents is 1. The number of unbranched alkanes of at least 4 members (excludes halogenated alkanes) is 2. The molecule has 0 spiro atoms. The number of nitrogens with zero attached hydrogens (tertiary/aromatic N) is 1. The Kier molecular flexibility index (Phi) is 8.74. The summed E-state index contributed by atoms with van der Waals surface area (Å²) in [6, 6.07) is 13.1. The molecule has 0 aliphatic carbocycles. The van der Waals surface area contributed by atoms with Gasteiger partial charge in [0.25, 0.3) is 0 Å². The number of aliphatic imine (C=N–C) groups is 1. The minimum Gasteiger partial charge on any atom is -0.507 e. The van der Waals surface area contributed by atoms with Gasteiger partial charge in [0, 0.05) is 24.0 Å². The SMILES string of the molecule is CCCCCC(C)(Pc1ccccc1/C=N/C)c1cc(C(C)(C)C)cc(C(C)(C)C)c1O. The van der Waals surface area contributed by atoms with Crippen LogP contribution in [-0.4, -0.2) is 18.4 Å². The summed E-state index contributed by atoms with van der Waals surface area (Å²) in [5, 5.41) is 12.8. The number of aromatic hydroxyl groups is 1. The Labute approximate surface area is 198 Å². The van der Waals surface area contributed by atoms with Crippen LogP contribution in [0.15, 0.2) is 41.4 Å². The van der Waals surface area contributed by atoms with Gasteiger partial charge in [-0.05, 0) is 39.2 Å². The summed E-state index contributed by atoms with van der Waals surface area (Å²) >= 11 is 0. The molecule has 176 valence electrons. The molecule has 0 aliphatic heterocycles. The van der Waals surface area contributed by atoms with Gasteiger partial charge in [-0.2, -0.15) is 0 Å². The van der Waals surface area contributed by atoms with Crippen LogP contribution in [0.25, 0.3) is 0 Å². The molecule has 0 heterocycles. The fraction of sp³-hybridized carbons (Fsp3) is 0.552. The first-order valence-corrected chi connectivity index (χ1v) is 13.0. The van der Waals surface area contributed by atoms with Crippen molar-refractivity contribution in [1.82, 2.24) is 0 Å². The van der Waals surface area contributed by atoms with Gasteiger partial charge in [-0.3, -0.25) is 4.99 Å². The summed E-state index contributed by atoms with van der Waals surface area (Å²) in [6.45, 7) is 18.0. The van der Waals surface area contributed by atoms with Crippen LogP contribution in [0.2, 0.25) is 0 Å². The van der Waals surface area contributed by atoms with Gasteiger partial charge in [-0.25, -0.2) is 0 Å². The summed E-state index contributed by atoms with van der Waals surface area (Å²) in [7, 11) is 2.38. The summed E-state index contributed by atoms with van der Waals surface area (Å²) in [4.78, 5) is 4.29. The Bertz CT molecular complexity index is 933. The van der Waals surface area contributed by atoms with Gasteiger partial charge in [0.05, 0.1) is 0 Å². The van der Waals surface area contributed by atoms with Crippen molar-refractivity contribution < 1.29 is 5.11 Å². The molecule has 2 atom stereocenters. The predicted molar refractivity (Wildman–Crippen MR) is 145 cm³/mol. The second-order valence-electron chi connectivity index (χ2n) is 11.3. The van der Waals surface area contributed by atoms with Crippen molar-refractivity contribution in [2.75, 3.05) is 7.05 Å². The van der Waals surface area contributed by atoms with Crippen molar-refractivity contribution >= 4 is 20.1 Å². The van der Waals surface area contributed by atoms with E-state index >= 15 is 0 Å². The van der Waals surface area contributed by atoms with Gasteiger partial charge in [-0.15, -0.1) is 0 Å². The quantitative estimate of drug-likeness (QED) is 0.246. The molecule has 0 aromatic heterocycles. The first-order chi connectivity index (χ1) is 14.8. The number of benzene rings is 2. The van der Waals surface area contributed by atoms with Gasteiger partial charge < -0.3 is 5.11 Å². The Morgan fingerprint density at radius 1 is 0.906 bits per heavy atom. The highest BCUT2D eigenvalue weighted by Gasteiger charge is 2.34. The van der Waals surface area contributed by atoms with Crippen molar-refractivity contribution in [2.24, 2.45) is 4.99 Å². The van der Waals surface area contributed by atoms with E-state index in [9.17, 15) is 5.11 Å². The van der Waals surface area contributed by atoms with E-state index in [2.05, 4.69) is 96.8 Å². The van der Waals surface area contributed by atoms with Crippen LogP contribution < -0.4 is 5.30 Å². The molecule has 0 amide bonds. The maximum absolute atomic E-state index is 11.6. The molecule has 0 bridgehead atoms. The van der Waals surface area contributed by atoms with Crippen molar-refractivity contribution in [3.63, 3.8) is 0 Å². The first-order valence-electron chi connectivity index (χ1n) is 12.0. The molecule has 0 fully saturated rings. The lowest BCUT2D eigenvalue weighted by molar-refractivity contribution is 0.424. The van der Waals surface area contributed by atoms with E-state index in [1.165, 1.54) is 29.3 Å². The lowest BCUT2D eigenvalue weighted by Crippen LogP contribution is -2.25. The molecular formula is C29H44NOP. The van der Waals surface area contributed by atoms with Crippen LogP contribution in [0.1, 0.15) is 103 Å². The molecule has 2 unspecified atom stereocenters. The zero-order chi connectivity index (χ0) is 24.2. The van der Waals surface area contributed by atoms with Crippen LogP contribution in [-0.2, 0) is 16.0 Å². The summed E-state index contributed by atoms with van der Waals surface area (Å²) < 4.78 is 0.